The van der Waals surface area contributed by atoms with Gasteiger partial charge in [0.2, 0.25) is 0 Å². The van der Waals surface area contributed by atoms with Crippen molar-refractivity contribution in [2.75, 3.05) is 12.0 Å². The first-order valence-corrected chi connectivity index (χ1v) is 10.4. The number of aryl methyl sites for hydroxylation is 1. The number of hydrogen-bond donors (Lipinski definition) is 1. The minimum atomic E-state index is -3.52. The molecule has 0 spiro atoms. The second kappa shape index (κ2) is 5.61. The SMILES string of the molecule is Cc1cc(N)ccc1S(=O)(=O)C1CCCC(S(C)(=O)=O)C1. The van der Waals surface area contributed by atoms with Crippen LogP contribution in [0.2, 0.25) is 0 Å². The molecule has 1 aliphatic rings. The third kappa shape index (κ3) is 3.40. The number of anilines is 1. The fourth-order valence-electron chi connectivity index (χ4n) is 2.94. The van der Waals surface area contributed by atoms with E-state index < -0.39 is 30.2 Å². The fraction of sp³-hybridized carbons (Fsp3) is 0.571. The molecule has 0 heterocycles. The summed E-state index contributed by atoms with van der Waals surface area (Å²) in [6, 6.07) is 4.71. The molecule has 1 aromatic rings. The van der Waals surface area contributed by atoms with Crippen molar-refractivity contribution >= 4 is 25.4 Å². The van der Waals surface area contributed by atoms with Gasteiger partial charge in [-0.15, -0.1) is 0 Å². The molecule has 1 aliphatic carbocycles. The van der Waals surface area contributed by atoms with Gasteiger partial charge in [-0.2, -0.15) is 0 Å². The zero-order chi connectivity index (χ0) is 15.8. The highest BCUT2D eigenvalue weighted by molar-refractivity contribution is 7.92. The maximum Gasteiger partial charge on any atom is 0.181 e. The Balaban J connectivity index is 2.35. The van der Waals surface area contributed by atoms with Crippen LogP contribution in [0, 0.1) is 6.92 Å². The predicted octanol–water partition coefficient (Wildman–Crippen LogP) is 1.71. The summed E-state index contributed by atoms with van der Waals surface area (Å²) in [5.41, 5.74) is 6.78. The smallest absolute Gasteiger partial charge is 0.181 e. The van der Waals surface area contributed by atoms with Crippen molar-refractivity contribution in [1.82, 2.24) is 0 Å². The molecule has 0 bridgehead atoms. The van der Waals surface area contributed by atoms with E-state index in [1.807, 2.05) is 0 Å². The molecule has 0 radical (unpaired) electrons. The van der Waals surface area contributed by atoms with Crippen LogP contribution in [0.4, 0.5) is 5.69 Å². The summed E-state index contributed by atoms with van der Waals surface area (Å²) in [4.78, 5) is 0.260. The van der Waals surface area contributed by atoms with Crippen molar-refractivity contribution in [2.24, 2.45) is 0 Å². The van der Waals surface area contributed by atoms with Gasteiger partial charge in [0.15, 0.2) is 9.84 Å². The molecule has 0 saturated heterocycles. The molecule has 2 N–H and O–H groups in total. The number of nitrogens with two attached hydrogens (primary N) is 1. The third-order valence-electron chi connectivity index (χ3n) is 4.13. The van der Waals surface area contributed by atoms with Crippen LogP contribution in [-0.4, -0.2) is 33.6 Å². The van der Waals surface area contributed by atoms with Gasteiger partial charge < -0.3 is 5.73 Å². The van der Waals surface area contributed by atoms with Crippen molar-refractivity contribution in [3.63, 3.8) is 0 Å². The lowest BCUT2D eigenvalue weighted by atomic mass is 10.00. The molecular formula is C14H21NO4S2. The fourth-order valence-corrected chi connectivity index (χ4v) is 6.33. The van der Waals surface area contributed by atoms with E-state index in [4.69, 9.17) is 5.73 Å². The zero-order valence-electron chi connectivity index (χ0n) is 12.2. The summed E-state index contributed by atoms with van der Waals surface area (Å²) < 4.78 is 48.9. The molecule has 0 amide bonds. The van der Waals surface area contributed by atoms with E-state index in [0.717, 1.165) is 0 Å². The monoisotopic (exact) mass is 331 g/mol. The molecular weight excluding hydrogens is 310 g/mol. The summed E-state index contributed by atoms with van der Waals surface area (Å²) in [5.74, 6) is 0. The molecule has 1 fully saturated rings. The standard InChI is InChI=1S/C14H21NO4S2/c1-10-8-11(15)6-7-14(10)21(18,19)13-5-3-4-12(9-13)20(2,16)17/h6-8,12-13H,3-5,9,15H2,1-2H3. The second-order valence-corrected chi connectivity index (χ2v) is 10.3. The molecule has 5 nitrogen and oxygen atoms in total. The molecule has 1 aromatic carbocycles. The first-order valence-electron chi connectivity index (χ1n) is 6.91. The van der Waals surface area contributed by atoms with Crippen LogP contribution in [0.5, 0.6) is 0 Å². The van der Waals surface area contributed by atoms with Crippen LogP contribution in [0.15, 0.2) is 23.1 Å². The van der Waals surface area contributed by atoms with E-state index in [2.05, 4.69) is 0 Å². The van der Waals surface area contributed by atoms with E-state index in [-0.39, 0.29) is 11.3 Å². The minimum absolute atomic E-state index is 0.185. The van der Waals surface area contributed by atoms with Crippen LogP contribution >= 0.6 is 0 Å². The van der Waals surface area contributed by atoms with Gasteiger partial charge >= 0.3 is 0 Å². The van der Waals surface area contributed by atoms with E-state index in [0.29, 0.717) is 30.5 Å². The lowest BCUT2D eigenvalue weighted by molar-refractivity contribution is 0.473. The summed E-state index contributed by atoms with van der Waals surface area (Å²) in [6.07, 6.45) is 3.05. The van der Waals surface area contributed by atoms with E-state index in [9.17, 15) is 16.8 Å². The number of rotatable bonds is 3. The van der Waals surface area contributed by atoms with Crippen LogP contribution < -0.4 is 5.73 Å². The lowest BCUT2D eigenvalue weighted by Gasteiger charge is -2.28. The molecule has 2 rings (SSSR count). The Kier molecular flexibility index (Phi) is 4.35. The summed E-state index contributed by atoms with van der Waals surface area (Å²) in [7, 11) is -6.73. The Hall–Kier alpha value is -1.08. The topological polar surface area (TPSA) is 94.3 Å². The minimum Gasteiger partial charge on any atom is -0.399 e. The van der Waals surface area contributed by atoms with Gasteiger partial charge in [-0.1, -0.05) is 6.42 Å². The highest BCUT2D eigenvalue weighted by Gasteiger charge is 2.37. The Morgan fingerprint density at radius 2 is 1.71 bits per heavy atom. The van der Waals surface area contributed by atoms with Gasteiger partial charge in [-0.3, -0.25) is 0 Å². The average molecular weight is 331 g/mol. The number of benzene rings is 1. The first kappa shape index (κ1) is 16.3. The van der Waals surface area contributed by atoms with Crippen molar-refractivity contribution < 1.29 is 16.8 Å². The Morgan fingerprint density at radius 1 is 1.10 bits per heavy atom. The van der Waals surface area contributed by atoms with E-state index in [1.54, 1.807) is 19.1 Å². The Labute approximate surface area is 126 Å². The summed E-state index contributed by atoms with van der Waals surface area (Å²) in [6.45, 7) is 1.71. The molecule has 1 saturated carbocycles. The third-order valence-corrected chi connectivity index (χ3v) is 8.14. The molecule has 0 aromatic heterocycles. The van der Waals surface area contributed by atoms with Gasteiger partial charge in [0.05, 0.1) is 15.4 Å². The molecule has 0 aliphatic heterocycles. The first-order chi connectivity index (χ1) is 9.62. The maximum atomic E-state index is 12.8. The molecule has 7 heteroatoms. The van der Waals surface area contributed by atoms with Gasteiger partial charge in [-0.05, 0) is 49.9 Å². The van der Waals surface area contributed by atoms with E-state index in [1.165, 1.54) is 12.3 Å². The Morgan fingerprint density at radius 3 is 2.29 bits per heavy atom. The summed E-state index contributed by atoms with van der Waals surface area (Å²) >= 11 is 0. The van der Waals surface area contributed by atoms with Crippen molar-refractivity contribution in [2.45, 2.75) is 48.0 Å². The van der Waals surface area contributed by atoms with Crippen LogP contribution in [0.1, 0.15) is 31.2 Å². The highest BCUT2D eigenvalue weighted by Crippen LogP contribution is 2.33. The normalized spacial score (nSPS) is 23.9. The van der Waals surface area contributed by atoms with Crippen molar-refractivity contribution in [3.8, 4) is 0 Å². The number of hydrogen-bond acceptors (Lipinski definition) is 5. The quantitative estimate of drug-likeness (QED) is 0.851. The van der Waals surface area contributed by atoms with Crippen LogP contribution in [-0.2, 0) is 19.7 Å². The van der Waals surface area contributed by atoms with Gasteiger partial charge in [-0.25, -0.2) is 16.8 Å². The van der Waals surface area contributed by atoms with E-state index >= 15 is 0 Å². The second-order valence-electron chi connectivity index (χ2n) is 5.81. The molecule has 118 valence electrons. The highest BCUT2D eigenvalue weighted by atomic mass is 32.2. The Bertz CT molecular complexity index is 738. The molecule has 21 heavy (non-hydrogen) atoms. The largest absolute Gasteiger partial charge is 0.399 e. The van der Waals surface area contributed by atoms with Gasteiger partial charge in [0, 0.05) is 11.9 Å². The maximum absolute atomic E-state index is 12.8. The van der Waals surface area contributed by atoms with Crippen LogP contribution in [0.3, 0.4) is 0 Å². The molecule has 2 atom stereocenters. The van der Waals surface area contributed by atoms with Crippen molar-refractivity contribution in [3.05, 3.63) is 23.8 Å². The van der Waals surface area contributed by atoms with Crippen LogP contribution in [0.25, 0.3) is 0 Å². The lowest BCUT2D eigenvalue weighted by Crippen LogP contribution is -2.35. The predicted molar refractivity (Wildman–Crippen MR) is 83.7 cm³/mol. The average Bonchev–Trinajstić information content (AvgIpc) is 2.37. The summed E-state index contributed by atoms with van der Waals surface area (Å²) in [5, 5.41) is -1.19. The molecule has 2 unspecified atom stereocenters. The number of sulfone groups is 2. The van der Waals surface area contributed by atoms with Crippen molar-refractivity contribution in [1.29, 1.82) is 0 Å². The van der Waals surface area contributed by atoms with Gasteiger partial charge in [0.1, 0.15) is 9.84 Å². The van der Waals surface area contributed by atoms with Gasteiger partial charge in [0.25, 0.3) is 0 Å². The zero-order valence-corrected chi connectivity index (χ0v) is 13.9. The number of nitrogen functional groups attached to an aromatic ring is 1.